The molecule has 0 aromatic heterocycles. The summed E-state index contributed by atoms with van der Waals surface area (Å²) >= 11 is 0. The number of nitrogens with zero attached hydrogens (tertiary/aromatic N) is 1. The van der Waals surface area contributed by atoms with Gasteiger partial charge >= 0.3 is 0 Å². The van der Waals surface area contributed by atoms with Gasteiger partial charge in [-0.2, -0.15) is 0 Å². The fourth-order valence-electron chi connectivity index (χ4n) is 2.20. The Morgan fingerprint density at radius 2 is 1.85 bits per heavy atom. The molecular weight excluding hydrogens is 248 g/mol. The molecule has 0 aliphatic heterocycles. The third kappa shape index (κ3) is 3.45. The maximum atomic E-state index is 12.3. The standard InChI is InChI=1S/C17H20N2O/c1-13-7-6-8-14(11-13)12-19(2)17(20)16(18)15-9-4-3-5-10-15/h3-11,16H,12,18H2,1-2H3/t16-/m1/s1. The number of aryl methyl sites for hydroxylation is 1. The SMILES string of the molecule is Cc1cccc(CN(C)C(=O)[C@H](N)c2ccccc2)c1. The van der Waals surface area contributed by atoms with Gasteiger partial charge in [-0.15, -0.1) is 0 Å². The molecule has 0 radical (unpaired) electrons. The molecule has 0 unspecified atom stereocenters. The highest BCUT2D eigenvalue weighted by Gasteiger charge is 2.19. The molecule has 0 spiro atoms. The van der Waals surface area contributed by atoms with E-state index >= 15 is 0 Å². The summed E-state index contributed by atoms with van der Waals surface area (Å²) in [4.78, 5) is 14.0. The Kier molecular flexibility index (Phi) is 4.53. The molecule has 2 rings (SSSR count). The highest BCUT2D eigenvalue weighted by molar-refractivity contribution is 5.82. The van der Waals surface area contributed by atoms with Crippen LogP contribution in [-0.4, -0.2) is 17.9 Å². The first-order chi connectivity index (χ1) is 9.58. The molecule has 3 heteroatoms. The number of rotatable bonds is 4. The zero-order valence-electron chi connectivity index (χ0n) is 11.9. The summed E-state index contributed by atoms with van der Waals surface area (Å²) < 4.78 is 0. The second-order valence-corrected chi connectivity index (χ2v) is 5.07. The largest absolute Gasteiger partial charge is 0.340 e. The molecule has 0 saturated heterocycles. The molecular formula is C17H20N2O. The molecule has 20 heavy (non-hydrogen) atoms. The predicted molar refractivity (Wildman–Crippen MR) is 81.0 cm³/mol. The summed E-state index contributed by atoms with van der Waals surface area (Å²) in [6.45, 7) is 2.61. The Labute approximate surface area is 120 Å². The molecule has 0 fully saturated rings. The van der Waals surface area contributed by atoms with Crippen LogP contribution in [0.3, 0.4) is 0 Å². The van der Waals surface area contributed by atoms with Crippen LogP contribution in [0, 0.1) is 6.92 Å². The summed E-state index contributed by atoms with van der Waals surface area (Å²) in [6, 6.07) is 17.0. The molecule has 2 aromatic carbocycles. The van der Waals surface area contributed by atoms with Crippen LogP contribution in [0.1, 0.15) is 22.7 Å². The van der Waals surface area contributed by atoms with Crippen molar-refractivity contribution in [1.82, 2.24) is 4.90 Å². The van der Waals surface area contributed by atoms with Gasteiger partial charge in [0.15, 0.2) is 0 Å². The summed E-state index contributed by atoms with van der Waals surface area (Å²) in [5, 5.41) is 0. The van der Waals surface area contributed by atoms with Gasteiger partial charge in [-0.25, -0.2) is 0 Å². The van der Waals surface area contributed by atoms with E-state index in [4.69, 9.17) is 5.73 Å². The van der Waals surface area contributed by atoms with E-state index in [1.165, 1.54) is 5.56 Å². The van der Waals surface area contributed by atoms with Crippen molar-refractivity contribution in [2.45, 2.75) is 19.5 Å². The van der Waals surface area contributed by atoms with Crippen molar-refractivity contribution in [3.05, 3.63) is 71.3 Å². The molecule has 0 heterocycles. The van der Waals surface area contributed by atoms with Crippen LogP contribution in [0.5, 0.6) is 0 Å². The Morgan fingerprint density at radius 1 is 1.15 bits per heavy atom. The van der Waals surface area contributed by atoms with Crippen LogP contribution in [-0.2, 0) is 11.3 Å². The average molecular weight is 268 g/mol. The van der Waals surface area contributed by atoms with Crippen molar-refractivity contribution in [2.75, 3.05) is 7.05 Å². The number of benzene rings is 2. The molecule has 0 saturated carbocycles. The van der Waals surface area contributed by atoms with Gasteiger partial charge in [0, 0.05) is 13.6 Å². The third-order valence-electron chi connectivity index (χ3n) is 3.30. The van der Waals surface area contributed by atoms with Crippen molar-refractivity contribution in [2.24, 2.45) is 5.73 Å². The lowest BCUT2D eigenvalue weighted by Crippen LogP contribution is -2.35. The van der Waals surface area contributed by atoms with Crippen LogP contribution in [0.4, 0.5) is 0 Å². The zero-order valence-corrected chi connectivity index (χ0v) is 11.9. The fourth-order valence-corrected chi connectivity index (χ4v) is 2.20. The molecule has 1 amide bonds. The lowest BCUT2D eigenvalue weighted by Gasteiger charge is -2.21. The van der Waals surface area contributed by atoms with Gasteiger partial charge in [0.1, 0.15) is 6.04 Å². The van der Waals surface area contributed by atoms with Crippen molar-refractivity contribution < 1.29 is 4.79 Å². The monoisotopic (exact) mass is 268 g/mol. The number of likely N-dealkylation sites (N-methyl/N-ethyl adjacent to an activating group) is 1. The van der Waals surface area contributed by atoms with Gasteiger partial charge in [0.05, 0.1) is 0 Å². The maximum Gasteiger partial charge on any atom is 0.244 e. The van der Waals surface area contributed by atoms with Gasteiger partial charge in [-0.3, -0.25) is 4.79 Å². The first-order valence-corrected chi connectivity index (χ1v) is 6.69. The van der Waals surface area contributed by atoms with E-state index < -0.39 is 6.04 Å². The lowest BCUT2D eigenvalue weighted by atomic mass is 10.1. The molecule has 104 valence electrons. The number of carbonyl (C=O) groups excluding carboxylic acids is 1. The van der Waals surface area contributed by atoms with Gasteiger partial charge in [-0.05, 0) is 18.1 Å². The van der Waals surface area contributed by atoms with Gasteiger partial charge in [0.25, 0.3) is 0 Å². The Hall–Kier alpha value is -2.13. The minimum absolute atomic E-state index is 0.0716. The van der Waals surface area contributed by atoms with Gasteiger partial charge in [0.2, 0.25) is 5.91 Å². The number of hydrogen-bond donors (Lipinski definition) is 1. The predicted octanol–water partition coefficient (Wildman–Crippen LogP) is 2.65. The van der Waals surface area contributed by atoms with Crippen molar-refractivity contribution in [3.63, 3.8) is 0 Å². The van der Waals surface area contributed by atoms with Crippen LogP contribution >= 0.6 is 0 Å². The molecule has 0 aliphatic carbocycles. The topological polar surface area (TPSA) is 46.3 Å². The van der Waals surface area contributed by atoms with Crippen LogP contribution < -0.4 is 5.73 Å². The van der Waals surface area contributed by atoms with E-state index in [2.05, 4.69) is 6.07 Å². The van der Waals surface area contributed by atoms with E-state index in [0.717, 1.165) is 11.1 Å². The van der Waals surface area contributed by atoms with E-state index in [9.17, 15) is 4.79 Å². The number of carbonyl (C=O) groups is 1. The molecule has 2 N–H and O–H groups in total. The fraction of sp³-hybridized carbons (Fsp3) is 0.235. The molecule has 0 aliphatic rings. The summed E-state index contributed by atoms with van der Waals surface area (Å²) in [5.74, 6) is -0.0716. The average Bonchev–Trinajstić information content (AvgIpc) is 2.46. The van der Waals surface area contributed by atoms with Crippen LogP contribution in [0.15, 0.2) is 54.6 Å². The minimum Gasteiger partial charge on any atom is -0.340 e. The normalized spacial score (nSPS) is 11.9. The van der Waals surface area contributed by atoms with E-state index in [-0.39, 0.29) is 5.91 Å². The summed E-state index contributed by atoms with van der Waals surface area (Å²) in [5.41, 5.74) is 9.18. The number of hydrogen-bond acceptors (Lipinski definition) is 2. The second-order valence-electron chi connectivity index (χ2n) is 5.07. The number of amides is 1. The molecule has 3 nitrogen and oxygen atoms in total. The maximum absolute atomic E-state index is 12.3. The van der Waals surface area contributed by atoms with E-state index in [1.807, 2.05) is 55.5 Å². The van der Waals surface area contributed by atoms with Crippen molar-refractivity contribution >= 4 is 5.91 Å². The molecule has 0 bridgehead atoms. The van der Waals surface area contributed by atoms with Crippen LogP contribution in [0.2, 0.25) is 0 Å². The number of nitrogens with two attached hydrogens (primary N) is 1. The zero-order chi connectivity index (χ0) is 14.5. The molecule has 1 atom stereocenters. The Morgan fingerprint density at radius 3 is 2.50 bits per heavy atom. The minimum atomic E-state index is -0.606. The first kappa shape index (κ1) is 14.3. The Balaban J connectivity index is 2.05. The van der Waals surface area contributed by atoms with Crippen LogP contribution in [0.25, 0.3) is 0 Å². The smallest absolute Gasteiger partial charge is 0.244 e. The van der Waals surface area contributed by atoms with E-state index in [1.54, 1.807) is 11.9 Å². The summed E-state index contributed by atoms with van der Waals surface area (Å²) in [6.07, 6.45) is 0. The van der Waals surface area contributed by atoms with Gasteiger partial charge < -0.3 is 10.6 Å². The Bertz CT molecular complexity index is 581. The quantitative estimate of drug-likeness (QED) is 0.926. The highest BCUT2D eigenvalue weighted by atomic mass is 16.2. The van der Waals surface area contributed by atoms with E-state index in [0.29, 0.717) is 6.54 Å². The van der Waals surface area contributed by atoms with Crippen molar-refractivity contribution in [3.8, 4) is 0 Å². The summed E-state index contributed by atoms with van der Waals surface area (Å²) in [7, 11) is 1.79. The highest BCUT2D eigenvalue weighted by Crippen LogP contribution is 2.14. The van der Waals surface area contributed by atoms with Crippen molar-refractivity contribution in [1.29, 1.82) is 0 Å². The third-order valence-corrected chi connectivity index (χ3v) is 3.30. The van der Waals surface area contributed by atoms with Gasteiger partial charge in [-0.1, -0.05) is 60.2 Å². The first-order valence-electron chi connectivity index (χ1n) is 6.69. The lowest BCUT2D eigenvalue weighted by molar-refractivity contribution is -0.131. The molecule has 2 aromatic rings. The second kappa shape index (κ2) is 6.35.